The smallest absolute Gasteiger partial charge is 0.292 e. The summed E-state index contributed by atoms with van der Waals surface area (Å²) in [5.41, 5.74) is 10.7. The summed E-state index contributed by atoms with van der Waals surface area (Å²) in [4.78, 5) is 24.8. The topological polar surface area (TPSA) is 94.0 Å². The molecule has 5 aromatic carbocycles. The largest absolute Gasteiger partial charge is 0.501 e. The summed E-state index contributed by atoms with van der Waals surface area (Å²) in [6.45, 7) is 17.3. The molecule has 0 aliphatic carbocycles. The van der Waals surface area contributed by atoms with Gasteiger partial charge >= 0.3 is 0 Å². The van der Waals surface area contributed by atoms with Gasteiger partial charge < -0.3 is 19.1 Å². The molecule has 9 heteroatoms. The zero-order valence-electron chi connectivity index (χ0n) is 34.8. The number of aryl methyl sites for hydroxylation is 1. The number of furan rings is 1. The second kappa shape index (κ2) is 16.6. The van der Waals surface area contributed by atoms with E-state index in [-0.39, 0.29) is 36.6 Å². The Morgan fingerprint density at radius 1 is 0.817 bits per heavy atom. The number of imidazole rings is 1. The Morgan fingerprint density at radius 3 is 2.13 bits per heavy atom. The van der Waals surface area contributed by atoms with Gasteiger partial charge in [0, 0.05) is 48.9 Å². The first-order chi connectivity index (χ1) is 28.2. The maximum Gasteiger partial charge on any atom is 0.292 e. The zero-order chi connectivity index (χ0) is 41.7. The number of rotatable bonds is 6. The number of pyridine rings is 2. The van der Waals surface area contributed by atoms with Crippen LogP contribution in [-0.4, -0.2) is 30.6 Å². The number of aromatic carboxylic acids is 1. The maximum atomic E-state index is 13.9. The van der Waals surface area contributed by atoms with Crippen LogP contribution in [0.1, 0.15) is 93.0 Å². The van der Waals surface area contributed by atoms with Crippen LogP contribution in [-0.2, 0) is 25.5 Å². The van der Waals surface area contributed by atoms with Gasteiger partial charge in [0.05, 0.1) is 28.6 Å². The van der Waals surface area contributed by atoms with Crippen molar-refractivity contribution < 1.29 is 38.8 Å². The fourth-order valence-electron chi connectivity index (χ4n) is 7.61. The molecule has 0 saturated heterocycles. The number of halogens is 1. The number of nitrogens with zero attached hydrogens (tertiary/aromatic N) is 4. The Hall–Kier alpha value is -6.02. The third-order valence-corrected chi connectivity index (χ3v) is 10.8. The molecule has 0 bridgehead atoms. The molecule has 0 saturated carbocycles. The van der Waals surface area contributed by atoms with Crippen LogP contribution in [0.4, 0.5) is 4.39 Å². The summed E-state index contributed by atoms with van der Waals surface area (Å²) < 4.78 is 22.8. The third-order valence-electron chi connectivity index (χ3n) is 10.8. The monoisotopic (exact) mass is 973 g/mol. The number of hydrogen-bond donors (Lipinski definition) is 1. The van der Waals surface area contributed by atoms with Gasteiger partial charge in [-0.3, -0.25) is 19.2 Å². The van der Waals surface area contributed by atoms with Gasteiger partial charge in [-0.15, -0.1) is 30.3 Å². The Bertz CT molecular complexity index is 3020. The number of carboxylic acids is 1. The van der Waals surface area contributed by atoms with E-state index in [2.05, 4.69) is 142 Å². The van der Waals surface area contributed by atoms with Crippen molar-refractivity contribution >= 4 is 49.7 Å². The fourth-order valence-corrected chi connectivity index (χ4v) is 7.61. The minimum atomic E-state index is -1.18. The SMILES string of the molecule is CC(C)(C)c1ccc(-c2[c-]cc(C(=O)O)cc2F)nc1.Cc1cc2c(cn1)nc(-c1[c-]ccc3c1oc1cc4ccccc4cc13)n2-c1c(C(C)C)cccc1C(C)C.[Ir]. The van der Waals surface area contributed by atoms with E-state index in [1.807, 2.05) is 25.3 Å². The molecular formula is C51H45FIrN4O3-2. The molecule has 0 fully saturated rings. The van der Waals surface area contributed by atoms with Gasteiger partial charge in [0.2, 0.25) is 0 Å². The van der Waals surface area contributed by atoms with E-state index in [0.717, 1.165) is 67.1 Å². The van der Waals surface area contributed by atoms with Crippen molar-refractivity contribution in [3.8, 4) is 28.3 Å². The van der Waals surface area contributed by atoms with E-state index in [4.69, 9.17) is 14.5 Å². The summed E-state index contributed by atoms with van der Waals surface area (Å²) >= 11 is 0. The van der Waals surface area contributed by atoms with Gasteiger partial charge in [0.1, 0.15) is 5.58 Å². The van der Waals surface area contributed by atoms with Crippen molar-refractivity contribution in [3.05, 3.63) is 155 Å². The molecule has 0 aliphatic heterocycles. The van der Waals surface area contributed by atoms with E-state index in [1.165, 1.54) is 28.3 Å². The molecule has 9 aromatic rings. The number of fused-ring (bicyclic) bond motifs is 5. The molecule has 0 aliphatic rings. The molecule has 1 N–H and O–H groups in total. The van der Waals surface area contributed by atoms with Gasteiger partial charge in [0.15, 0.2) is 0 Å². The Labute approximate surface area is 362 Å². The summed E-state index contributed by atoms with van der Waals surface area (Å²) in [7, 11) is 0. The van der Waals surface area contributed by atoms with Gasteiger partial charge in [0.25, 0.3) is 5.97 Å². The molecule has 9 rings (SSSR count). The molecule has 0 atom stereocenters. The minimum absolute atomic E-state index is 0. The van der Waals surface area contributed by atoms with Gasteiger partial charge in [-0.2, -0.15) is 0 Å². The van der Waals surface area contributed by atoms with E-state index in [1.54, 1.807) is 12.3 Å². The van der Waals surface area contributed by atoms with E-state index < -0.39 is 11.8 Å². The predicted octanol–water partition coefficient (Wildman–Crippen LogP) is 13.2. The summed E-state index contributed by atoms with van der Waals surface area (Å²) in [6, 6.07) is 37.7. The first-order valence-electron chi connectivity index (χ1n) is 19.9. The van der Waals surface area contributed by atoms with Crippen LogP contribution in [0.5, 0.6) is 0 Å². The number of hydrogen-bond acceptors (Lipinski definition) is 5. The van der Waals surface area contributed by atoms with Crippen molar-refractivity contribution in [2.45, 2.75) is 72.6 Å². The van der Waals surface area contributed by atoms with E-state index in [9.17, 15) is 9.18 Å². The van der Waals surface area contributed by atoms with Crippen LogP contribution < -0.4 is 0 Å². The average molecular weight is 973 g/mol. The summed E-state index contributed by atoms with van der Waals surface area (Å²) in [6.07, 6.45) is 3.58. The van der Waals surface area contributed by atoms with Crippen LogP contribution in [0.25, 0.3) is 72.1 Å². The molecular weight excluding hydrogens is 928 g/mol. The number of benzene rings is 5. The molecule has 0 spiro atoms. The quantitative estimate of drug-likeness (QED) is 0.167. The Kier molecular flexibility index (Phi) is 11.6. The van der Waals surface area contributed by atoms with E-state index >= 15 is 0 Å². The first kappa shape index (κ1) is 42.1. The van der Waals surface area contributed by atoms with Crippen LogP contribution in [0.15, 0.2) is 114 Å². The molecule has 4 heterocycles. The standard InChI is InChI=1S/C35H30N3O.C16H15FNO2.Ir/c1-20(2)25-12-8-13-26(21(3)4)33(25)38-31-16-22(5)36-19-30(31)37-35(38)28-15-9-14-27-29-17-23-10-6-7-11-24(23)18-32(29)39-34(27)28;1-16(2,3)11-5-7-14(18-9-11)12-6-4-10(15(19)20)8-13(12)17;/h6-14,16-21H,1-5H3;4-5,7-9H,1-3H3,(H,19,20);/q2*-1;. The summed E-state index contributed by atoms with van der Waals surface area (Å²) in [5, 5.41) is 13.3. The number of para-hydroxylation sites is 1. The van der Waals surface area contributed by atoms with Crippen LogP contribution in [0, 0.1) is 24.9 Å². The second-order valence-electron chi connectivity index (χ2n) is 16.7. The van der Waals surface area contributed by atoms with Gasteiger partial charge in [-0.25, -0.2) is 0 Å². The van der Waals surface area contributed by atoms with Crippen molar-refractivity contribution in [3.63, 3.8) is 0 Å². The maximum absolute atomic E-state index is 13.9. The summed E-state index contributed by atoms with van der Waals surface area (Å²) in [5.74, 6) is -0.319. The predicted molar refractivity (Wildman–Crippen MR) is 235 cm³/mol. The van der Waals surface area contributed by atoms with Crippen molar-refractivity contribution in [2.75, 3.05) is 0 Å². The zero-order valence-corrected chi connectivity index (χ0v) is 37.2. The number of carboxylic acid groups (broad SMARTS) is 1. The molecule has 7 nitrogen and oxygen atoms in total. The number of aromatic nitrogens is 4. The van der Waals surface area contributed by atoms with Crippen LogP contribution in [0.3, 0.4) is 0 Å². The average Bonchev–Trinajstić information content (AvgIpc) is 3.77. The molecule has 0 unspecified atom stereocenters. The molecule has 0 amide bonds. The van der Waals surface area contributed by atoms with E-state index in [0.29, 0.717) is 17.5 Å². The second-order valence-corrected chi connectivity index (χ2v) is 16.7. The van der Waals surface area contributed by atoms with Crippen LogP contribution >= 0.6 is 0 Å². The fraction of sp³-hybridized carbons (Fsp3) is 0.216. The minimum Gasteiger partial charge on any atom is -0.501 e. The van der Waals surface area contributed by atoms with Crippen molar-refractivity contribution in [2.24, 2.45) is 0 Å². The third kappa shape index (κ3) is 7.87. The first-order valence-corrected chi connectivity index (χ1v) is 19.9. The normalized spacial score (nSPS) is 11.7. The molecule has 1 radical (unpaired) electrons. The van der Waals surface area contributed by atoms with Crippen molar-refractivity contribution in [1.29, 1.82) is 0 Å². The van der Waals surface area contributed by atoms with Crippen molar-refractivity contribution in [1.82, 2.24) is 19.5 Å². The Morgan fingerprint density at radius 2 is 1.52 bits per heavy atom. The Balaban J connectivity index is 0.000000220. The number of carbonyl (C=O) groups is 1. The molecule has 60 heavy (non-hydrogen) atoms. The molecule has 4 aromatic heterocycles. The van der Waals surface area contributed by atoms with Gasteiger partial charge in [-0.05, 0) is 81.1 Å². The van der Waals surface area contributed by atoms with Crippen LogP contribution in [0.2, 0.25) is 0 Å². The van der Waals surface area contributed by atoms with Gasteiger partial charge in [-0.1, -0.05) is 126 Å². The molecule has 305 valence electrons.